The molecule has 2 saturated carbocycles. The van der Waals surface area contributed by atoms with E-state index in [1.807, 2.05) is 0 Å². The van der Waals surface area contributed by atoms with Crippen LogP contribution in [-0.2, 0) is 0 Å². The van der Waals surface area contributed by atoms with E-state index >= 15 is 0 Å². The van der Waals surface area contributed by atoms with Crippen molar-refractivity contribution >= 4 is 0 Å². The maximum Gasteiger partial charge on any atom is 0.00722 e. The molecule has 100 valence electrons. The van der Waals surface area contributed by atoms with Gasteiger partial charge in [-0.25, -0.2) is 0 Å². The first-order valence-corrected chi connectivity index (χ1v) is 7.95. The van der Waals surface area contributed by atoms with E-state index in [1.54, 1.807) is 0 Å². The van der Waals surface area contributed by atoms with Crippen LogP contribution in [0.3, 0.4) is 0 Å². The van der Waals surface area contributed by atoms with Crippen LogP contribution in [0.5, 0.6) is 0 Å². The Hall–Kier alpha value is -0.0400. The molecule has 0 bridgehead atoms. The molecule has 2 aliphatic carbocycles. The van der Waals surface area contributed by atoms with Crippen molar-refractivity contribution in [2.45, 2.75) is 84.2 Å². The Kier molecular flexibility index (Phi) is 4.90. The molecule has 2 fully saturated rings. The molecule has 4 atom stereocenters. The third-order valence-corrected chi connectivity index (χ3v) is 4.98. The lowest BCUT2D eigenvalue weighted by molar-refractivity contribution is 0.240. The highest BCUT2D eigenvalue weighted by Gasteiger charge is 2.34. The number of rotatable bonds is 6. The molecule has 1 N–H and O–H groups in total. The Morgan fingerprint density at radius 1 is 1.06 bits per heavy atom. The van der Waals surface area contributed by atoms with Crippen LogP contribution in [0.2, 0.25) is 0 Å². The molecular formula is C16H31N. The summed E-state index contributed by atoms with van der Waals surface area (Å²) < 4.78 is 0. The second-order valence-electron chi connectivity index (χ2n) is 6.78. The second kappa shape index (κ2) is 6.22. The van der Waals surface area contributed by atoms with Crippen molar-refractivity contribution < 1.29 is 0 Å². The quantitative estimate of drug-likeness (QED) is 0.723. The van der Waals surface area contributed by atoms with Crippen LogP contribution in [0, 0.1) is 17.8 Å². The van der Waals surface area contributed by atoms with Crippen molar-refractivity contribution in [3.05, 3.63) is 0 Å². The fraction of sp³-hybridized carbons (Fsp3) is 1.00. The van der Waals surface area contributed by atoms with Gasteiger partial charge in [0.15, 0.2) is 0 Å². The Bertz CT molecular complexity index is 222. The zero-order valence-electron chi connectivity index (χ0n) is 12.0. The van der Waals surface area contributed by atoms with Gasteiger partial charge in [0.1, 0.15) is 0 Å². The third kappa shape index (κ3) is 4.28. The van der Waals surface area contributed by atoms with Gasteiger partial charge < -0.3 is 5.32 Å². The van der Waals surface area contributed by atoms with Crippen LogP contribution in [0.1, 0.15) is 72.1 Å². The van der Waals surface area contributed by atoms with Crippen LogP contribution in [0.25, 0.3) is 0 Å². The number of hydrogen-bond acceptors (Lipinski definition) is 1. The van der Waals surface area contributed by atoms with Gasteiger partial charge in [0.25, 0.3) is 0 Å². The summed E-state index contributed by atoms with van der Waals surface area (Å²) in [5.74, 6) is 3.06. The van der Waals surface area contributed by atoms with Gasteiger partial charge in [0.05, 0.1) is 0 Å². The van der Waals surface area contributed by atoms with Gasteiger partial charge in [-0.1, -0.05) is 33.1 Å². The van der Waals surface area contributed by atoms with Crippen molar-refractivity contribution in [2.75, 3.05) is 0 Å². The maximum absolute atomic E-state index is 3.90. The van der Waals surface area contributed by atoms with Crippen LogP contribution < -0.4 is 5.32 Å². The SMILES string of the molecule is CCC(C)CC(C)NC1CCCC(C2CC2)C1. The van der Waals surface area contributed by atoms with E-state index in [4.69, 9.17) is 0 Å². The molecular weight excluding hydrogens is 206 g/mol. The van der Waals surface area contributed by atoms with Crippen molar-refractivity contribution in [1.82, 2.24) is 5.32 Å². The first-order chi connectivity index (χ1) is 8.19. The Labute approximate surface area is 108 Å². The monoisotopic (exact) mass is 237 g/mol. The Morgan fingerprint density at radius 3 is 2.47 bits per heavy atom. The minimum Gasteiger partial charge on any atom is -0.311 e. The molecule has 2 aliphatic rings. The van der Waals surface area contributed by atoms with E-state index in [-0.39, 0.29) is 0 Å². The predicted octanol–water partition coefficient (Wildman–Crippen LogP) is 4.37. The lowest BCUT2D eigenvalue weighted by Gasteiger charge is -2.32. The minimum atomic E-state index is 0.716. The number of hydrogen-bond donors (Lipinski definition) is 1. The molecule has 4 unspecified atom stereocenters. The topological polar surface area (TPSA) is 12.0 Å². The molecule has 1 nitrogen and oxygen atoms in total. The lowest BCUT2D eigenvalue weighted by Crippen LogP contribution is -2.40. The fourth-order valence-corrected chi connectivity index (χ4v) is 3.62. The lowest BCUT2D eigenvalue weighted by atomic mass is 9.82. The number of nitrogens with one attached hydrogen (secondary N) is 1. The zero-order valence-corrected chi connectivity index (χ0v) is 12.0. The van der Waals surface area contributed by atoms with Crippen LogP contribution in [0.4, 0.5) is 0 Å². The molecule has 0 amide bonds. The standard InChI is InChI=1S/C16H31N/c1-4-12(2)10-13(3)17-16-7-5-6-15(11-16)14-8-9-14/h12-17H,4-11H2,1-3H3. The minimum absolute atomic E-state index is 0.716. The van der Waals surface area contributed by atoms with E-state index in [0.29, 0.717) is 6.04 Å². The molecule has 0 saturated heterocycles. The van der Waals surface area contributed by atoms with Crippen LogP contribution in [0.15, 0.2) is 0 Å². The van der Waals surface area contributed by atoms with E-state index < -0.39 is 0 Å². The summed E-state index contributed by atoms with van der Waals surface area (Å²) >= 11 is 0. The Balaban J connectivity index is 1.70. The third-order valence-electron chi connectivity index (χ3n) is 4.98. The summed E-state index contributed by atoms with van der Waals surface area (Å²) in [4.78, 5) is 0. The molecule has 0 aromatic rings. The van der Waals surface area contributed by atoms with Crippen LogP contribution >= 0.6 is 0 Å². The molecule has 1 heteroatoms. The average Bonchev–Trinajstić information content (AvgIpc) is 3.12. The van der Waals surface area contributed by atoms with Gasteiger partial charge >= 0.3 is 0 Å². The largest absolute Gasteiger partial charge is 0.311 e. The summed E-state index contributed by atoms with van der Waals surface area (Å²) in [6.07, 6.45) is 11.6. The van der Waals surface area contributed by atoms with Gasteiger partial charge in [-0.15, -0.1) is 0 Å². The highest BCUT2D eigenvalue weighted by Crippen LogP contribution is 2.43. The summed E-state index contributed by atoms with van der Waals surface area (Å²) in [6.45, 7) is 7.07. The normalized spacial score (nSPS) is 33.4. The molecule has 0 spiro atoms. The molecule has 0 aromatic heterocycles. The van der Waals surface area contributed by atoms with E-state index in [0.717, 1.165) is 23.8 Å². The molecule has 0 aromatic carbocycles. The maximum atomic E-state index is 3.90. The predicted molar refractivity (Wildman–Crippen MR) is 75.1 cm³/mol. The zero-order chi connectivity index (χ0) is 12.3. The van der Waals surface area contributed by atoms with Crippen molar-refractivity contribution in [3.8, 4) is 0 Å². The fourth-order valence-electron chi connectivity index (χ4n) is 3.62. The van der Waals surface area contributed by atoms with Gasteiger partial charge in [0.2, 0.25) is 0 Å². The molecule has 0 heterocycles. The van der Waals surface area contributed by atoms with E-state index in [9.17, 15) is 0 Å². The summed E-state index contributed by atoms with van der Waals surface area (Å²) in [5, 5.41) is 3.90. The highest BCUT2D eigenvalue weighted by molar-refractivity contribution is 4.88. The average molecular weight is 237 g/mol. The van der Waals surface area contributed by atoms with Crippen molar-refractivity contribution in [1.29, 1.82) is 0 Å². The highest BCUT2D eigenvalue weighted by atomic mass is 14.9. The second-order valence-corrected chi connectivity index (χ2v) is 6.78. The first kappa shape index (κ1) is 13.4. The summed E-state index contributed by atoms with van der Waals surface area (Å²) in [5.41, 5.74) is 0. The van der Waals surface area contributed by atoms with Gasteiger partial charge in [-0.2, -0.15) is 0 Å². The van der Waals surface area contributed by atoms with E-state index in [1.165, 1.54) is 51.4 Å². The molecule has 0 radical (unpaired) electrons. The van der Waals surface area contributed by atoms with E-state index in [2.05, 4.69) is 26.1 Å². The van der Waals surface area contributed by atoms with Gasteiger partial charge in [0, 0.05) is 12.1 Å². The molecule has 0 aliphatic heterocycles. The molecule has 2 rings (SSSR count). The van der Waals surface area contributed by atoms with Gasteiger partial charge in [-0.3, -0.25) is 0 Å². The molecule has 17 heavy (non-hydrogen) atoms. The van der Waals surface area contributed by atoms with Gasteiger partial charge in [-0.05, 0) is 56.8 Å². The van der Waals surface area contributed by atoms with Crippen molar-refractivity contribution in [2.24, 2.45) is 17.8 Å². The Morgan fingerprint density at radius 2 is 1.82 bits per heavy atom. The smallest absolute Gasteiger partial charge is 0.00722 e. The summed E-state index contributed by atoms with van der Waals surface area (Å²) in [6, 6.07) is 1.54. The van der Waals surface area contributed by atoms with Crippen molar-refractivity contribution in [3.63, 3.8) is 0 Å². The van der Waals surface area contributed by atoms with Crippen LogP contribution in [-0.4, -0.2) is 12.1 Å². The first-order valence-electron chi connectivity index (χ1n) is 7.95. The summed E-state index contributed by atoms with van der Waals surface area (Å²) in [7, 11) is 0.